The zero-order valence-corrected chi connectivity index (χ0v) is 19.4. The molecular weight excluding hydrogens is 445 g/mol. The quantitative estimate of drug-likeness (QED) is 0.521. The molecule has 1 saturated heterocycles. The van der Waals surface area contributed by atoms with Gasteiger partial charge >= 0.3 is 0 Å². The van der Waals surface area contributed by atoms with Crippen molar-refractivity contribution in [2.75, 3.05) is 26.2 Å². The number of nitrogens with zero attached hydrogens (tertiary/aromatic N) is 2. The fraction of sp³-hybridized carbons (Fsp3) is 0.571. The molecule has 166 valence electrons. The van der Waals surface area contributed by atoms with Gasteiger partial charge in [0.25, 0.3) is 0 Å². The van der Waals surface area contributed by atoms with E-state index in [4.69, 9.17) is 17.3 Å². The molecule has 3 rings (SSSR count). The van der Waals surface area contributed by atoms with Gasteiger partial charge in [0.1, 0.15) is 21.5 Å². The Labute approximate surface area is 187 Å². The maximum absolute atomic E-state index is 14.6. The fourth-order valence-electron chi connectivity index (χ4n) is 3.94. The molecule has 0 bridgehead atoms. The second kappa shape index (κ2) is 11.0. The van der Waals surface area contributed by atoms with E-state index in [1.165, 1.54) is 42.5 Å². The average Bonchev–Trinajstić information content (AvgIpc) is 3.22. The molecular formula is C21H29ClFN3O2S2. The smallest absolute Gasteiger partial charge is 0.187 e. The highest BCUT2D eigenvalue weighted by molar-refractivity contribution is 7.90. The Morgan fingerprint density at radius 3 is 2.87 bits per heavy atom. The van der Waals surface area contributed by atoms with Crippen LogP contribution in [0, 0.1) is 11.7 Å². The first-order chi connectivity index (χ1) is 14.4. The summed E-state index contributed by atoms with van der Waals surface area (Å²) in [5, 5.41) is 2.43. The van der Waals surface area contributed by atoms with Crippen molar-refractivity contribution >= 4 is 32.8 Å². The van der Waals surface area contributed by atoms with Crippen LogP contribution in [0.3, 0.4) is 0 Å². The number of likely N-dealkylation sites (tertiary alicyclic amines) is 1. The van der Waals surface area contributed by atoms with Crippen LogP contribution in [-0.2, 0) is 22.0 Å². The number of aromatic nitrogens is 1. The highest BCUT2D eigenvalue weighted by Gasteiger charge is 2.23. The highest BCUT2D eigenvalue weighted by atomic mass is 35.5. The number of halogens is 2. The molecule has 1 aromatic heterocycles. The third-order valence-electron chi connectivity index (χ3n) is 5.59. The fourth-order valence-corrected chi connectivity index (χ4v) is 6.61. The Hall–Kier alpha value is -1.06. The maximum atomic E-state index is 14.6. The normalized spacial score (nSPS) is 18.0. The van der Waals surface area contributed by atoms with E-state index in [9.17, 15) is 12.8 Å². The summed E-state index contributed by atoms with van der Waals surface area (Å²) in [5.74, 6) is -0.447. The van der Waals surface area contributed by atoms with Gasteiger partial charge in [-0.3, -0.25) is 0 Å². The number of aryl methyl sites for hydroxylation is 1. The van der Waals surface area contributed by atoms with Gasteiger partial charge in [0.2, 0.25) is 0 Å². The number of unbranched alkanes of at least 4 members (excludes halogenated alkanes) is 2. The largest absolute Gasteiger partial charge is 0.330 e. The summed E-state index contributed by atoms with van der Waals surface area (Å²) in [6, 6.07) is 2.52. The van der Waals surface area contributed by atoms with Gasteiger partial charge in [-0.15, -0.1) is 11.3 Å². The molecule has 0 saturated carbocycles. The third kappa shape index (κ3) is 6.47. The molecule has 2 aromatic rings. The van der Waals surface area contributed by atoms with Crippen molar-refractivity contribution in [2.45, 2.75) is 49.2 Å². The average molecular weight is 474 g/mol. The van der Waals surface area contributed by atoms with Crippen LogP contribution in [0.25, 0.3) is 0 Å². The zero-order chi connectivity index (χ0) is 21.6. The van der Waals surface area contributed by atoms with Gasteiger partial charge < -0.3 is 10.6 Å². The van der Waals surface area contributed by atoms with Gasteiger partial charge in [-0.2, -0.15) is 0 Å². The van der Waals surface area contributed by atoms with Crippen LogP contribution < -0.4 is 5.73 Å². The molecule has 5 nitrogen and oxygen atoms in total. The number of sulfone groups is 1. The lowest BCUT2D eigenvalue weighted by Crippen LogP contribution is -2.38. The summed E-state index contributed by atoms with van der Waals surface area (Å²) in [4.78, 5) is 6.10. The summed E-state index contributed by atoms with van der Waals surface area (Å²) in [7, 11) is -3.83. The molecule has 0 amide bonds. The van der Waals surface area contributed by atoms with Crippen molar-refractivity contribution in [1.29, 1.82) is 0 Å². The molecule has 1 aliphatic heterocycles. The first-order valence-corrected chi connectivity index (χ1v) is 13.3. The molecule has 1 fully saturated rings. The van der Waals surface area contributed by atoms with Crippen molar-refractivity contribution in [1.82, 2.24) is 9.88 Å². The van der Waals surface area contributed by atoms with Gasteiger partial charge in [-0.25, -0.2) is 17.8 Å². The van der Waals surface area contributed by atoms with Crippen molar-refractivity contribution in [3.63, 3.8) is 0 Å². The number of benzene rings is 1. The number of nitrogens with two attached hydrogens (primary N) is 1. The van der Waals surface area contributed by atoms with Gasteiger partial charge in [0.15, 0.2) is 9.84 Å². The Balaban J connectivity index is 1.50. The second-order valence-corrected chi connectivity index (χ2v) is 11.3. The molecule has 0 radical (unpaired) electrons. The van der Waals surface area contributed by atoms with Crippen LogP contribution in [-0.4, -0.2) is 44.5 Å². The van der Waals surface area contributed by atoms with Crippen molar-refractivity contribution in [3.05, 3.63) is 45.1 Å². The summed E-state index contributed by atoms with van der Waals surface area (Å²) >= 11 is 7.52. The number of rotatable bonds is 10. The predicted octanol–water partition coefficient (Wildman–Crippen LogP) is 4.29. The molecule has 9 heteroatoms. The van der Waals surface area contributed by atoms with Gasteiger partial charge in [-0.1, -0.05) is 18.0 Å². The first-order valence-electron chi connectivity index (χ1n) is 10.4. The Morgan fingerprint density at radius 1 is 1.30 bits per heavy atom. The summed E-state index contributed by atoms with van der Waals surface area (Å²) in [6.07, 6.45) is 7.60. The molecule has 1 atom stereocenters. The van der Waals surface area contributed by atoms with Gasteiger partial charge in [-0.05, 0) is 75.4 Å². The predicted molar refractivity (Wildman–Crippen MR) is 120 cm³/mol. The highest BCUT2D eigenvalue weighted by Crippen LogP contribution is 2.28. The molecule has 0 aliphatic carbocycles. The van der Waals surface area contributed by atoms with E-state index in [1.54, 1.807) is 5.38 Å². The van der Waals surface area contributed by atoms with Crippen molar-refractivity contribution < 1.29 is 12.8 Å². The topological polar surface area (TPSA) is 76.3 Å². The molecule has 0 spiro atoms. The van der Waals surface area contributed by atoms with Crippen molar-refractivity contribution in [2.24, 2.45) is 11.7 Å². The standard InChI is InChI=1S/C21H29ClFN3O2S2/c22-18-12-20(30(27,28)15-21-25-7-10-29-21)19(23)11-17(18)6-2-1-3-8-26-9-4-5-16(13-24)14-26/h7,10-12,16H,1-6,8-9,13-15,24H2. The van der Waals surface area contributed by atoms with E-state index in [2.05, 4.69) is 9.88 Å². The van der Waals surface area contributed by atoms with E-state index < -0.39 is 15.7 Å². The first kappa shape index (κ1) is 23.6. The molecule has 2 heterocycles. The number of thiazole rings is 1. The SMILES string of the molecule is NCC1CCCN(CCCCCc2cc(F)c(S(=O)(=O)Cc3nccs3)cc2Cl)C1. The molecule has 30 heavy (non-hydrogen) atoms. The van der Waals surface area contributed by atoms with Crippen LogP contribution in [0.15, 0.2) is 28.6 Å². The number of hydrogen-bond donors (Lipinski definition) is 1. The minimum atomic E-state index is -3.83. The molecule has 2 N–H and O–H groups in total. The van der Waals surface area contributed by atoms with E-state index >= 15 is 0 Å². The molecule has 1 aromatic carbocycles. The van der Waals surface area contributed by atoms with E-state index in [0.717, 1.165) is 45.4 Å². The lowest BCUT2D eigenvalue weighted by molar-refractivity contribution is 0.175. The van der Waals surface area contributed by atoms with Gasteiger partial charge in [0, 0.05) is 23.1 Å². The van der Waals surface area contributed by atoms with Crippen LogP contribution in [0.2, 0.25) is 5.02 Å². The lowest BCUT2D eigenvalue weighted by Gasteiger charge is -2.32. The Kier molecular flexibility index (Phi) is 8.65. The minimum absolute atomic E-state index is 0.302. The summed E-state index contributed by atoms with van der Waals surface area (Å²) in [6.45, 7) is 4.05. The van der Waals surface area contributed by atoms with Crippen LogP contribution in [0.5, 0.6) is 0 Å². The maximum Gasteiger partial charge on any atom is 0.187 e. The molecule has 1 aliphatic rings. The van der Waals surface area contributed by atoms with E-state index in [1.807, 2.05) is 0 Å². The van der Waals surface area contributed by atoms with Crippen LogP contribution >= 0.6 is 22.9 Å². The molecule has 1 unspecified atom stereocenters. The number of piperidine rings is 1. The summed E-state index contributed by atoms with van der Waals surface area (Å²) < 4.78 is 39.6. The minimum Gasteiger partial charge on any atom is -0.330 e. The third-order valence-corrected chi connectivity index (χ3v) is 8.54. The lowest BCUT2D eigenvalue weighted by atomic mass is 9.98. The van der Waals surface area contributed by atoms with E-state index in [0.29, 0.717) is 27.9 Å². The number of hydrogen-bond acceptors (Lipinski definition) is 6. The van der Waals surface area contributed by atoms with Crippen molar-refractivity contribution in [3.8, 4) is 0 Å². The van der Waals surface area contributed by atoms with Crippen LogP contribution in [0.1, 0.15) is 42.7 Å². The zero-order valence-electron chi connectivity index (χ0n) is 17.0. The van der Waals surface area contributed by atoms with E-state index in [-0.39, 0.29) is 10.6 Å². The Bertz CT molecular complexity index is 923. The monoisotopic (exact) mass is 473 g/mol. The van der Waals surface area contributed by atoms with Gasteiger partial charge in [0.05, 0.1) is 0 Å². The van der Waals surface area contributed by atoms with Crippen LogP contribution in [0.4, 0.5) is 4.39 Å². The summed E-state index contributed by atoms with van der Waals surface area (Å²) in [5.41, 5.74) is 6.45. The second-order valence-electron chi connectivity index (χ2n) is 7.91. The Morgan fingerprint density at radius 2 is 2.13 bits per heavy atom.